The van der Waals surface area contributed by atoms with Crippen LogP contribution in [0.1, 0.15) is 16.8 Å². The Morgan fingerprint density at radius 1 is 1.15 bits per heavy atom. The summed E-state index contributed by atoms with van der Waals surface area (Å²) in [7, 11) is -1.23. The van der Waals surface area contributed by atoms with Gasteiger partial charge in [-0.1, -0.05) is 16.6 Å². The Hall–Kier alpha value is -2.49. The second kappa shape index (κ2) is 9.45. The molecule has 27 heavy (non-hydrogen) atoms. The van der Waals surface area contributed by atoms with Gasteiger partial charge in [-0.05, 0) is 42.8 Å². The van der Waals surface area contributed by atoms with E-state index in [-0.39, 0.29) is 23.2 Å². The molecule has 0 unspecified atom stereocenters. The molecule has 9 heteroatoms. The van der Waals surface area contributed by atoms with Gasteiger partial charge < -0.3 is 10.1 Å². The lowest BCUT2D eigenvalue weighted by atomic mass is 10.2. The molecule has 1 amide bonds. The molecule has 0 aliphatic carbocycles. The Bertz CT molecular complexity index is 872. The summed E-state index contributed by atoms with van der Waals surface area (Å²) in [6, 6.07) is 11.6. The van der Waals surface area contributed by atoms with Crippen LogP contribution in [0.4, 0.5) is 4.39 Å². The van der Waals surface area contributed by atoms with Crippen LogP contribution < -0.4 is 10.1 Å². The van der Waals surface area contributed by atoms with Crippen LogP contribution in [0.15, 0.2) is 53.4 Å². The van der Waals surface area contributed by atoms with Crippen LogP contribution in [0.25, 0.3) is 0 Å². The summed E-state index contributed by atoms with van der Waals surface area (Å²) in [5.41, 5.74) is 0.323. The number of ether oxygens (including phenoxy) is 1. The van der Waals surface area contributed by atoms with Crippen LogP contribution in [-0.4, -0.2) is 46.1 Å². The van der Waals surface area contributed by atoms with Gasteiger partial charge in [-0.3, -0.25) is 9.63 Å². The molecule has 0 radical (unpaired) electrons. The van der Waals surface area contributed by atoms with Gasteiger partial charge >= 0.3 is 0 Å². The number of nitrogens with one attached hydrogen (secondary N) is 1. The van der Waals surface area contributed by atoms with E-state index < -0.39 is 15.8 Å². The molecular weight excluding hydrogens is 375 g/mol. The summed E-state index contributed by atoms with van der Waals surface area (Å²) < 4.78 is 43.6. The van der Waals surface area contributed by atoms with E-state index in [9.17, 15) is 17.6 Å². The highest BCUT2D eigenvalue weighted by molar-refractivity contribution is 7.89. The van der Waals surface area contributed by atoms with Gasteiger partial charge in [0.25, 0.3) is 15.9 Å². The van der Waals surface area contributed by atoms with Crippen LogP contribution >= 0.6 is 0 Å². The third-order valence-electron chi connectivity index (χ3n) is 3.71. The smallest absolute Gasteiger partial charge is 0.264 e. The van der Waals surface area contributed by atoms with Crippen molar-refractivity contribution in [1.82, 2.24) is 9.79 Å². The first-order valence-corrected chi connectivity index (χ1v) is 9.59. The van der Waals surface area contributed by atoms with Crippen molar-refractivity contribution >= 4 is 15.9 Å². The number of benzene rings is 2. The molecular formula is C18H21FN2O5S. The molecule has 0 fully saturated rings. The minimum Gasteiger partial charge on any atom is -0.490 e. The standard InChI is InChI=1S/C18H21FN2O5S/c1-21(25-2)27(23,24)15-10-8-14(9-11-15)18(22)20-12-5-13-26-17-7-4-3-6-16(17)19/h3-4,6-11H,5,12-13H2,1-2H3,(H,20,22). The third kappa shape index (κ3) is 5.49. The van der Waals surface area contributed by atoms with E-state index in [2.05, 4.69) is 5.32 Å². The third-order valence-corrected chi connectivity index (χ3v) is 5.40. The molecule has 2 rings (SSSR count). The molecule has 0 heterocycles. The van der Waals surface area contributed by atoms with Crippen molar-refractivity contribution in [1.29, 1.82) is 0 Å². The minimum atomic E-state index is -3.75. The zero-order valence-electron chi connectivity index (χ0n) is 15.0. The average molecular weight is 396 g/mol. The van der Waals surface area contributed by atoms with E-state index >= 15 is 0 Å². The van der Waals surface area contributed by atoms with E-state index in [1.54, 1.807) is 12.1 Å². The van der Waals surface area contributed by atoms with Gasteiger partial charge in [-0.25, -0.2) is 12.8 Å². The zero-order chi connectivity index (χ0) is 19.9. The summed E-state index contributed by atoms with van der Waals surface area (Å²) in [6.07, 6.45) is 0.491. The number of sulfonamides is 1. The summed E-state index contributed by atoms with van der Waals surface area (Å²) in [5, 5.41) is 2.69. The number of halogens is 1. The first-order chi connectivity index (χ1) is 12.9. The number of amides is 1. The van der Waals surface area contributed by atoms with E-state index in [1.807, 2.05) is 0 Å². The Morgan fingerprint density at radius 3 is 2.44 bits per heavy atom. The number of rotatable bonds is 9. The predicted octanol–water partition coefficient (Wildman–Crippen LogP) is 2.21. The second-order valence-electron chi connectivity index (χ2n) is 5.51. The zero-order valence-corrected chi connectivity index (χ0v) is 15.8. The molecule has 0 aliphatic rings. The Balaban J connectivity index is 1.82. The monoisotopic (exact) mass is 396 g/mol. The molecule has 2 aromatic rings. The summed E-state index contributed by atoms with van der Waals surface area (Å²) in [6.45, 7) is 0.585. The van der Waals surface area contributed by atoms with Gasteiger partial charge in [0.2, 0.25) is 0 Å². The average Bonchev–Trinajstić information content (AvgIpc) is 2.68. The molecule has 0 aromatic heterocycles. The minimum absolute atomic E-state index is 0.0155. The maximum Gasteiger partial charge on any atom is 0.264 e. The van der Waals surface area contributed by atoms with Crippen molar-refractivity contribution < 1.29 is 27.2 Å². The Morgan fingerprint density at radius 2 is 1.81 bits per heavy atom. The summed E-state index contributed by atoms with van der Waals surface area (Å²) >= 11 is 0. The van der Waals surface area contributed by atoms with Crippen LogP contribution in [0.3, 0.4) is 0 Å². The molecule has 146 valence electrons. The lowest BCUT2D eigenvalue weighted by Gasteiger charge is -2.14. The number of nitrogens with zero attached hydrogens (tertiary/aromatic N) is 1. The molecule has 0 saturated heterocycles. The van der Waals surface area contributed by atoms with Gasteiger partial charge in [-0.15, -0.1) is 0 Å². The fourth-order valence-corrected chi connectivity index (χ4v) is 3.12. The van der Waals surface area contributed by atoms with Gasteiger partial charge in [0, 0.05) is 19.2 Å². The maximum atomic E-state index is 13.4. The van der Waals surface area contributed by atoms with E-state index in [0.717, 1.165) is 4.47 Å². The Kier molecular flexibility index (Phi) is 7.28. The van der Waals surface area contributed by atoms with Crippen LogP contribution in [0, 0.1) is 5.82 Å². The van der Waals surface area contributed by atoms with Gasteiger partial charge in [0.15, 0.2) is 11.6 Å². The van der Waals surface area contributed by atoms with Crippen molar-refractivity contribution in [2.24, 2.45) is 0 Å². The highest BCUT2D eigenvalue weighted by Crippen LogP contribution is 2.16. The van der Waals surface area contributed by atoms with Crippen LogP contribution in [-0.2, 0) is 14.9 Å². The highest BCUT2D eigenvalue weighted by atomic mass is 32.2. The number of hydrogen-bond acceptors (Lipinski definition) is 5. The van der Waals surface area contributed by atoms with Crippen LogP contribution in [0.2, 0.25) is 0 Å². The molecule has 7 nitrogen and oxygen atoms in total. The van der Waals surface area contributed by atoms with Crippen molar-refractivity contribution in [3.63, 3.8) is 0 Å². The summed E-state index contributed by atoms with van der Waals surface area (Å²) in [4.78, 5) is 16.8. The van der Waals surface area contributed by atoms with Gasteiger partial charge in [-0.2, -0.15) is 0 Å². The molecule has 0 aliphatic heterocycles. The SMILES string of the molecule is CON(C)S(=O)(=O)c1ccc(C(=O)NCCCOc2ccccc2F)cc1. The summed E-state index contributed by atoms with van der Waals surface area (Å²) in [5.74, 6) is -0.609. The quantitative estimate of drug-likeness (QED) is 0.519. The number of hydroxylamine groups is 1. The van der Waals surface area contributed by atoms with E-state index in [0.29, 0.717) is 18.5 Å². The molecule has 2 aromatic carbocycles. The van der Waals surface area contributed by atoms with E-state index in [1.165, 1.54) is 50.6 Å². The number of para-hydroxylation sites is 1. The highest BCUT2D eigenvalue weighted by Gasteiger charge is 2.20. The lowest BCUT2D eigenvalue weighted by Crippen LogP contribution is -2.27. The van der Waals surface area contributed by atoms with E-state index in [4.69, 9.17) is 9.57 Å². The van der Waals surface area contributed by atoms with Crippen molar-refractivity contribution in [2.75, 3.05) is 27.3 Å². The fourth-order valence-electron chi connectivity index (χ4n) is 2.14. The van der Waals surface area contributed by atoms with Crippen molar-refractivity contribution in [3.05, 3.63) is 59.9 Å². The molecule has 0 bridgehead atoms. The lowest BCUT2D eigenvalue weighted by molar-refractivity contribution is -0.0258. The van der Waals surface area contributed by atoms with Crippen molar-refractivity contribution in [2.45, 2.75) is 11.3 Å². The normalized spacial score (nSPS) is 11.4. The molecule has 0 atom stereocenters. The number of carbonyl (C=O) groups is 1. The predicted molar refractivity (Wildman–Crippen MR) is 97.2 cm³/mol. The largest absolute Gasteiger partial charge is 0.490 e. The first kappa shape index (κ1) is 20.8. The van der Waals surface area contributed by atoms with Gasteiger partial charge in [0.1, 0.15) is 0 Å². The number of carbonyl (C=O) groups excluding carboxylic acids is 1. The topological polar surface area (TPSA) is 84.9 Å². The van der Waals surface area contributed by atoms with Crippen LogP contribution in [0.5, 0.6) is 5.75 Å². The second-order valence-corrected chi connectivity index (χ2v) is 7.45. The molecule has 0 saturated carbocycles. The van der Waals surface area contributed by atoms with Crippen molar-refractivity contribution in [3.8, 4) is 5.75 Å². The maximum absolute atomic E-state index is 13.4. The molecule has 1 N–H and O–H groups in total. The first-order valence-electron chi connectivity index (χ1n) is 8.15. The molecule has 0 spiro atoms. The van der Waals surface area contributed by atoms with Gasteiger partial charge in [0.05, 0.1) is 18.6 Å². The number of hydrogen-bond donors (Lipinski definition) is 1. The Labute approximate surface area is 157 Å². The fraction of sp³-hybridized carbons (Fsp3) is 0.278.